The summed E-state index contributed by atoms with van der Waals surface area (Å²) in [5, 5.41) is 23.9. The van der Waals surface area contributed by atoms with Gasteiger partial charge in [-0.15, -0.1) is 0 Å². The van der Waals surface area contributed by atoms with E-state index in [9.17, 15) is 14.4 Å². The molecule has 1 saturated heterocycles. The quantitative estimate of drug-likeness (QED) is 0.397. The molecule has 7 heteroatoms. The summed E-state index contributed by atoms with van der Waals surface area (Å²) >= 11 is 0. The first-order valence-electron chi connectivity index (χ1n) is 8.90. The van der Waals surface area contributed by atoms with Gasteiger partial charge in [0.2, 0.25) is 5.76 Å². The Morgan fingerprint density at radius 2 is 1.59 bits per heavy atom. The molecule has 1 aromatic rings. The fraction of sp³-hybridized carbons (Fsp3) is 0.450. The van der Waals surface area contributed by atoms with E-state index >= 15 is 0 Å². The molecule has 1 aliphatic heterocycles. The number of aryl methyl sites for hydroxylation is 1. The number of likely N-dealkylation sites (tertiary alicyclic amines) is 1. The van der Waals surface area contributed by atoms with Gasteiger partial charge in [0.25, 0.3) is 0 Å². The fourth-order valence-electron chi connectivity index (χ4n) is 2.79. The summed E-state index contributed by atoms with van der Waals surface area (Å²) in [7, 11) is 0. The van der Waals surface area contributed by atoms with Crippen molar-refractivity contribution in [1.82, 2.24) is 4.90 Å². The van der Waals surface area contributed by atoms with E-state index in [0.717, 1.165) is 25.2 Å². The van der Waals surface area contributed by atoms with Crippen LogP contribution in [0.4, 0.5) is 0 Å². The van der Waals surface area contributed by atoms with Crippen LogP contribution >= 0.6 is 0 Å². The number of carbonyl (C=O) groups excluding carboxylic acids is 1. The summed E-state index contributed by atoms with van der Waals surface area (Å²) in [5.74, 6) is -3.94. The number of rotatable bonds is 6. The molecule has 0 amide bonds. The van der Waals surface area contributed by atoms with Crippen molar-refractivity contribution >= 4 is 17.7 Å². The third kappa shape index (κ3) is 8.50. The molecule has 7 nitrogen and oxygen atoms in total. The summed E-state index contributed by atoms with van der Waals surface area (Å²) in [4.78, 5) is 34.0. The highest BCUT2D eigenvalue weighted by Crippen LogP contribution is 2.15. The Morgan fingerprint density at radius 1 is 1.04 bits per heavy atom. The maximum atomic E-state index is 12.3. The Labute approximate surface area is 158 Å². The Balaban J connectivity index is 0.000000345. The van der Waals surface area contributed by atoms with E-state index in [4.69, 9.17) is 15.3 Å². The van der Waals surface area contributed by atoms with Crippen LogP contribution in [0.15, 0.2) is 36.1 Å². The molecule has 1 unspecified atom stereocenters. The second kappa shape index (κ2) is 11.1. The monoisotopic (exact) mass is 377 g/mol. The van der Waals surface area contributed by atoms with Crippen molar-refractivity contribution in [2.75, 3.05) is 19.6 Å². The van der Waals surface area contributed by atoms with Crippen LogP contribution in [0.5, 0.6) is 0 Å². The smallest absolute Gasteiger partial charge is 0.371 e. The number of aliphatic hydroxyl groups is 1. The normalized spacial score (nSPS) is 16.0. The average molecular weight is 377 g/mol. The minimum Gasteiger partial charge on any atom is -0.502 e. The van der Waals surface area contributed by atoms with Gasteiger partial charge in [-0.2, -0.15) is 0 Å². The lowest BCUT2D eigenvalue weighted by molar-refractivity contribution is -0.137. The number of aliphatic carboxylic acids is 2. The van der Waals surface area contributed by atoms with Crippen molar-refractivity contribution in [2.45, 2.75) is 33.1 Å². The molecule has 1 aliphatic rings. The number of benzene rings is 1. The predicted octanol–water partition coefficient (Wildman–Crippen LogP) is 2.90. The number of piperidine rings is 1. The van der Waals surface area contributed by atoms with Gasteiger partial charge in [0, 0.05) is 18.0 Å². The number of carboxylic acid groups (broad SMARTS) is 2. The SMILES string of the molecule is Cc1ccc(C(=O)C(C)CN2CCCCC2)cc1.O=C(O)/C=C(/O)C(=O)O. The number of Topliss-reactive ketones (excluding diaryl/α,β-unsaturated/α-hetero) is 1. The number of hydrogen-bond acceptors (Lipinski definition) is 5. The average Bonchev–Trinajstić information content (AvgIpc) is 2.62. The van der Waals surface area contributed by atoms with Crippen molar-refractivity contribution in [3.8, 4) is 0 Å². The lowest BCUT2D eigenvalue weighted by Gasteiger charge is -2.28. The molecule has 0 saturated carbocycles. The first kappa shape index (κ1) is 22.4. The molecule has 0 bridgehead atoms. The van der Waals surface area contributed by atoms with Crippen LogP contribution in [0.25, 0.3) is 0 Å². The van der Waals surface area contributed by atoms with Crippen molar-refractivity contribution in [1.29, 1.82) is 0 Å². The van der Waals surface area contributed by atoms with Gasteiger partial charge in [0.1, 0.15) is 0 Å². The van der Waals surface area contributed by atoms with Gasteiger partial charge in [-0.3, -0.25) is 4.79 Å². The van der Waals surface area contributed by atoms with Gasteiger partial charge in [0.15, 0.2) is 5.78 Å². The van der Waals surface area contributed by atoms with E-state index in [1.807, 2.05) is 31.2 Å². The van der Waals surface area contributed by atoms with Gasteiger partial charge in [-0.05, 0) is 32.9 Å². The maximum Gasteiger partial charge on any atom is 0.371 e. The zero-order valence-corrected chi connectivity index (χ0v) is 15.7. The second-order valence-electron chi connectivity index (χ2n) is 6.67. The number of carboxylic acids is 2. The van der Waals surface area contributed by atoms with Gasteiger partial charge in [0.05, 0.1) is 6.08 Å². The van der Waals surface area contributed by atoms with Crippen molar-refractivity contribution in [2.24, 2.45) is 5.92 Å². The molecule has 1 fully saturated rings. The van der Waals surface area contributed by atoms with Crippen molar-refractivity contribution < 1.29 is 29.7 Å². The van der Waals surface area contributed by atoms with Crippen LogP contribution < -0.4 is 0 Å². The summed E-state index contributed by atoms with van der Waals surface area (Å²) in [6, 6.07) is 7.93. The zero-order valence-electron chi connectivity index (χ0n) is 15.7. The predicted molar refractivity (Wildman–Crippen MR) is 101 cm³/mol. The first-order chi connectivity index (χ1) is 12.7. The molecule has 0 aromatic heterocycles. The van der Waals surface area contributed by atoms with Crippen LogP contribution in [0.1, 0.15) is 42.1 Å². The highest BCUT2D eigenvalue weighted by molar-refractivity contribution is 5.97. The zero-order chi connectivity index (χ0) is 20.4. The second-order valence-corrected chi connectivity index (χ2v) is 6.67. The lowest BCUT2D eigenvalue weighted by atomic mass is 9.97. The van der Waals surface area contributed by atoms with Crippen LogP contribution in [0.3, 0.4) is 0 Å². The molecular formula is C20H27NO6. The molecule has 1 atom stereocenters. The highest BCUT2D eigenvalue weighted by atomic mass is 16.4. The van der Waals surface area contributed by atoms with E-state index < -0.39 is 17.7 Å². The number of aliphatic hydroxyl groups excluding tert-OH is 1. The highest BCUT2D eigenvalue weighted by Gasteiger charge is 2.19. The van der Waals surface area contributed by atoms with Crippen molar-refractivity contribution in [3.05, 3.63) is 47.2 Å². The summed E-state index contributed by atoms with van der Waals surface area (Å²) in [5.41, 5.74) is 2.06. The molecule has 1 heterocycles. The third-order valence-corrected chi connectivity index (χ3v) is 4.24. The van der Waals surface area contributed by atoms with Gasteiger partial charge < -0.3 is 20.2 Å². The van der Waals surface area contributed by atoms with E-state index in [2.05, 4.69) is 11.8 Å². The molecule has 27 heavy (non-hydrogen) atoms. The minimum atomic E-state index is -1.66. The van der Waals surface area contributed by atoms with Gasteiger partial charge in [-0.25, -0.2) is 9.59 Å². The number of ketones is 1. The van der Waals surface area contributed by atoms with Crippen LogP contribution in [0, 0.1) is 12.8 Å². The molecule has 2 rings (SSSR count). The van der Waals surface area contributed by atoms with Crippen LogP contribution in [0.2, 0.25) is 0 Å². The fourth-order valence-corrected chi connectivity index (χ4v) is 2.79. The minimum absolute atomic E-state index is 0.103. The first-order valence-corrected chi connectivity index (χ1v) is 8.90. The van der Waals surface area contributed by atoms with E-state index in [1.165, 1.54) is 24.8 Å². The van der Waals surface area contributed by atoms with Gasteiger partial charge >= 0.3 is 11.9 Å². The van der Waals surface area contributed by atoms with Crippen LogP contribution in [-0.4, -0.2) is 57.6 Å². The molecule has 0 spiro atoms. The Kier molecular flexibility index (Phi) is 9.22. The largest absolute Gasteiger partial charge is 0.502 e. The Morgan fingerprint density at radius 3 is 2.04 bits per heavy atom. The molecule has 148 valence electrons. The maximum absolute atomic E-state index is 12.3. The number of nitrogens with zero attached hydrogens (tertiary/aromatic N) is 1. The molecule has 3 N–H and O–H groups in total. The topological polar surface area (TPSA) is 115 Å². The van der Waals surface area contributed by atoms with E-state index in [-0.39, 0.29) is 17.8 Å². The standard InChI is InChI=1S/C16H23NO.C4H4O5/c1-13-6-8-15(9-7-13)16(18)14(2)12-17-10-4-3-5-11-17;5-2(4(8)9)1-3(6)7/h6-9,14H,3-5,10-12H2,1-2H3;1,5H,(H,6,7)(H,8,9)/b;2-1+. The summed E-state index contributed by atoms with van der Waals surface area (Å²) in [6.07, 6.45) is 4.11. The summed E-state index contributed by atoms with van der Waals surface area (Å²) < 4.78 is 0. The number of carbonyl (C=O) groups is 3. The Hall–Kier alpha value is -2.67. The molecule has 1 aromatic carbocycles. The van der Waals surface area contributed by atoms with Crippen LogP contribution in [-0.2, 0) is 9.59 Å². The molecular weight excluding hydrogens is 350 g/mol. The van der Waals surface area contributed by atoms with Crippen molar-refractivity contribution in [3.63, 3.8) is 0 Å². The number of hydrogen-bond donors (Lipinski definition) is 3. The van der Waals surface area contributed by atoms with E-state index in [1.54, 1.807) is 0 Å². The lowest BCUT2D eigenvalue weighted by Crippen LogP contribution is -2.35. The van der Waals surface area contributed by atoms with E-state index in [0.29, 0.717) is 0 Å². The summed E-state index contributed by atoms with van der Waals surface area (Å²) in [6.45, 7) is 7.33. The Bertz CT molecular complexity index is 674. The van der Waals surface area contributed by atoms with Gasteiger partial charge in [-0.1, -0.05) is 43.2 Å². The molecule has 0 radical (unpaired) electrons. The third-order valence-electron chi connectivity index (χ3n) is 4.24. The molecule has 0 aliphatic carbocycles.